The predicted octanol–water partition coefficient (Wildman–Crippen LogP) is -0.954. The average Bonchev–Trinajstić information content (AvgIpc) is 2.24. The molecule has 0 aliphatic heterocycles. The van der Waals surface area contributed by atoms with E-state index in [1.54, 1.807) is 11.6 Å². The van der Waals surface area contributed by atoms with Crippen molar-refractivity contribution in [1.82, 2.24) is 9.03 Å². The minimum absolute atomic E-state index is 0.0371. The third-order valence-corrected chi connectivity index (χ3v) is 3.14. The predicted molar refractivity (Wildman–Crippen MR) is 59.7 cm³/mol. The lowest BCUT2D eigenvalue weighted by atomic mass is 10.4. The first kappa shape index (κ1) is 15.4. The number of nitrogens with one attached hydrogen (secondary N) is 1. The molecule has 0 aromatic heterocycles. The largest absolute Gasteiger partial charge is 0.449 e. The van der Waals surface area contributed by atoms with Crippen LogP contribution in [0.4, 0.5) is 4.79 Å². The Kier molecular flexibility index (Phi) is 6.28. The van der Waals surface area contributed by atoms with E-state index in [4.69, 9.17) is 10.9 Å². The SMILES string of the molecule is CCOC(=O)NS(=O)(=O)N(C)CCC(N)=NO. The van der Waals surface area contributed by atoms with Gasteiger partial charge in [-0.05, 0) is 6.92 Å². The second-order valence-corrected chi connectivity index (χ2v) is 4.77. The zero-order chi connectivity index (χ0) is 13.5. The number of oxime groups is 1. The first-order valence-electron chi connectivity index (χ1n) is 4.70. The Bertz CT molecular complexity index is 380. The Hall–Kier alpha value is -1.55. The molecule has 4 N–H and O–H groups in total. The number of nitrogens with two attached hydrogens (primary N) is 1. The van der Waals surface area contributed by atoms with Gasteiger partial charge in [-0.2, -0.15) is 12.7 Å². The summed E-state index contributed by atoms with van der Waals surface area (Å²) in [6.07, 6.45) is -1.01. The van der Waals surface area contributed by atoms with Crippen molar-refractivity contribution in [1.29, 1.82) is 0 Å². The van der Waals surface area contributed by atoms with E-state index in [1.165, 1.54) is 7.05 Å². The maximum Gasteiger partial charge on any atom is 0.421 e. The van der Waals surface area contributed by atoms with Crippen LogP contribution < -0.4 is 10.5 Å². The summed E-state index contributed by atoms with van der Waals surface area (Å²) in [5, 5.41) is 11.0. The number of nitrogens with zero attached hydrogens (tertiary/aromatic N) is 2. The number of amides is 1. The third kappa shape index (κ3) is 5.92. The van der Waals surface area contributed by atoms with Gasteiger partial charge in [0.25, 0.3) is 0 Å². The molecule has 0 rings (SSSR count). The van der Waals surface area contributed by atoms with Crippen molar-refractivity contribution in [3.05, 3.63) is 0 Å². The topological polar surface area (TPSA) is 134 Å². The Morgan fingerprint density at radius 1 is 1.59 bits per heavy atom. The lowest BCUT2D eigenvalue weighted by Gasteiger charge is -2.16. The van der Waals surface area contributed by atoms with Gasteiger partial charge in [-0.15, -0.1) is 0 Å². The van der Waals surface area contributed by atoms with Crippen LogP contribution in [0.5, 0.6) is 0 Å². The first-order valence-corrected chi connectivity index (χ1v) is 6.14. The molecule has 0 radical (unpaired) electrons. The molecule has 0 atom stereocenters. The van der Waals surface area contributed by atoms with Crippen LogP contribution in [0.25, 0.3) is 0 Å². The minimum Gasteiger partial charge on any atom is -0.449 e. The summed E-state index contributed by atoms with van der Waals surface area (Å²) in [5.41, 5.74) is 5.18. The quantitative estimate of drug-likeness (QED) is 0.246. The van der Waals surface area contributed by atoms with E-state index in [0.717, 1.165) is 4.31 Å². The van der Waals surface area contributed by atoms with E-state index in [9.17, 15) is 13.2 Å². The number of amidine groups is 1. The van der Waals surface area contributed by atoms with Crippen molar-refractivity contribution in [3.63, 3.8) is 0 Å². The molecule has 0 heterocycles. The number of rotatable bonds is 6. The number of carbonyl (C=O) groups excluding carboxylic acids is 1. The van der Waals surface area contributed by atoms with Crippen molar-refractivity contribution < 1.29 is 23.2 Å². The fourth-order valence-electron chi connectivity index (χ4n) is 0.786. The lowest BCUT2D eigenvalue weighted by molar-refractivity contribution is 0.158. The van der Waals surface area contributed by atoms with Gasteiger partial charge in [0.05, 0.1) is 6.61 Å². The smallest absolute Gasteiger partial charge is 0.421 e. The molecule has 0 aliphatic rings. The maximum absolute atomic E-state index is 11.5. The molecule has 9 nitrogen and oxygen atoms in total. The van der Waals surface area contributed by atoms with Crippen molar-refractivity contribution >= 4 is 22.1 Å². The molecule has 10 heteroatoms. The van der Waals surface area contributed by atoms with Crippen LogP contribution in [0.3, 0.4) is 0 Å². The van der Waals surface area contributed by atoms with Gasteiger partial charge >= 0.3 is 16.3 Å². The molecular formula is C7H16N4O5S. The Labute approximate surface area is 99.4 Å². The molecular weight excluding hydrogens is 252 g/mol. The molecule has 0 bridgehead atoms. The molecule has 0 aromatic rings. The first-order chi connectivity index (χ1) is 7.83. The van der Waals surface area contributed by atoms with Crippen LogP contribution in [-0.4, -0.2) is 50.1 Å². The molecule has 0 aromatic carbocycles. The van der Waals surface area contributed by atoms with Crippen molar-refractivity contribution in [2.24, 2.45) is 10.9 Å². The Morgan fingerprint density at radius 3 is 2.65 bits per heavy atom. The van der Waals surface area contributed by atoms with Crippen LogP contribution in [0, 0.1) is 0 Å². The summed E-state index contributed by atoms with van der Waals surface area (Å²) in [7, 11) is -2.73. The number of carbonyl (C=O) groups is 1. The number of hydrogen-bond donors (Lipinski definition) is 3. The molecule has 0 unspecified atom stereocenters. The summed E-state index contributed by atoms with van der Waals surface area (Å²) < 4.78 is 29.9. The van der Waals surface area contributed by atoms with E-state index in [-0.39, 0.29) is 25.4 Å². The highest BCUT2D eigenvalue weighted by Crippen LogP contribution is 1.96. The van der Waals surface area contributed by atoms with E-state index in [0.29, 0.717) is 0 Å². The second-order valence-electron chi connectivity index (χ2n) is 2.99. The maximum atomic E-state index is 11.5. The number of ether oxygens (including phenoxy) is 1. The summed E-state index contributed by atoms with van der Waals surface area (Å²) in [5.74, 6) is -0.108. The van der Waals surface area contributed by atoms with Gasteiger partial charge in [-0.1, -0.05) is 5.16 Å². The normalized spacial score (nSPS) is 12.5. The van der Waals surface area contributed by atoms with Crippen molar-refractivity contribution in [2.75, 3.05) is 20.2 Å². The zero-order valence-electron chi connectivity index (χ0n) is 9.58. The highest BCUT2D eigenvalue weighted by atomic mass is 32.2. The van der Waals surface area contributed by atoms with E-state index in [1.807, 2.05) is 0 Å². The van der Waals surface area contributed by atoms with Gasteiger partial charge < -0.3 is 15.7 Å². The van der Waals surface area contributed by atoms with Gasteiger partial charge in [0.1, 0.15) is 5.84 Å². The highest BCUT2D eigenvalue weighted by molar-refractivity contribution is 7.87. The fourth-order valence-corrected chi connectivity index (χ4v) is 1.54. The van der Waals surface area contributed by atoms with E-state index in [2.05, 4.69) is 9.89 Å². The lowest BCUT2D eigenvalue weighted by Crippen LogP contribution is -2.42. The van der Waals surface area contributed by atoms with Crippen molar-refractivity contribution in [3.8, 4) is 0 Å². The van der Waals surface area contributed by atoms with Crippen LogP contribution >= 0.6 is 0 Å². The minimum atomic E-state index is -3.97. The molecule has 0 spiro atoms. The molecule has 1 amide bonds. The van der Waals surface area contributed by atoms with Crippen LogP contribution in [-0.2, 0) is 14.9 Å². The second kappa shape index (κ2) is 6.91. The summed E-state index contributed by atoms with van der Waals surface area (Å²) in [4.78, 5) is 10.9. The zero-order valence-corrected chi connectivity index (χ0v) is 10.4. The van der Waals surface area contributed by atoms with E-state index >= 15 is 0 Å². The Balaban J connectivity index is 4.35. The van der Waals surface area contributed by atoms with Gasteiger partial charge in [0.15, 0.2) is 0 Å². The molecule has 0 saturated carbocycles. The summed E-state index contributed by atoms with van der Waals surface area (Å²) in [6, 6.07) is 0. The van der Waals surface area contributed by atoms with Gasteiger partial charge in [0, 0.05) is 20.0 Å². The monoisotopic (exact) mass is 268 g/mol. The molecule has 0 aliphatic carbocycles. The fraction of sp³-hybridized carbons (Fsp3) is 0.714. The standard InChI is InChI=1S/C7H16N4O5S/c1-3-16-7(12)10-17(14,15)11(2)5-4-6(8)9-13/h13H,3-5H2,1-2H3,(H2,8,9)(H,10,12). The molecule has 0 fully saturated rings. The summed E-state index contributed by atoms with van der Waals surface area (Å²) in [6.45, 7) is 1.58. The molecule has 0 saturated heterocycles. The van der Waals surface area contributed by atoms with Crippen LogP contribution in [0.15, 0.2) is 5.16 Å². The van der Waals surface area contributed by atoms with Gasteiger partial charge in [-0.25, -0.2) is 9.52 Å². The third-order valence-electron chi connectivity index (χ3n) is 1.71. The number of hydrogen-bond acceptors (Lipinski definition) is 6. The van der Waals surface area contributed by atoms with Crippen LogP contribution in [0.2, 0.25) is 0 Å². The van der Waals surface area contributed by atoms with Gasteiger partial charge in [0.2, 0.25) is 0 Å². The molecule has 17 heavy (non-hydrogen) atoms. The van der Waals surface area contributed by atoms with E-state index < -0.39 is 16.3 Å². The van der Waals surface area contributed by atoms with Crippen LogP contribution in [0.1, 0.15) is 13.3 Å². The molecule has 100 valence electrons. The summed E-state index contributed by atoms with van der Waals surface area (Å²) >= 11 is 0. The van der Waals surface area contributed by atoms with Gasteiger partial charge in [-0.3, -0.25) is 0 Å². The average molecular weight is 268 g/mol. The van der Waals surface area contributed by atoms with Crippen molar-refractivity contribution in [2.45, 2.75) is 13.3 Å². The Morgan fingerprint density at radius 2 is 2.18 bits per heavy atom. The highest BCUT2D eigenvalue weighted by Gasteiger charge is 2.21.